The van der Waals surface area contributed by atoms with E-state index in [0.717, 1.165) is 25.2 Å². The van der Waals surface area contributed by atoms with Gasteiger partial charge in [0.05, 0.1) is 17.4 Å². The average Bonchev–Trinajstić information content (AvgIpc) is 2.79. The van der Waals surface area contributed by atoms with E-state index in [1.54, 1.807) is 0 Å². The largest absolute Gasteiger partial charge is 0.329 e. The van der Waals surface area contributed by atoms with Crippen LogP contribution in [0.2, 0.25) is 0 Å². The van der Waals surface area contributed by atoms with Crippen molar-refractivity contribution in [3.05, 3.63) is 30.6 Å². The predicted octanol–water partition coefficient (Wildman–Crippen LogP) is 2.40. The Hall–Kier alpha value is -1.39. The van der Waals surface area contributed by atoms with E-state index in [2.05, 4.69) is 66.1 Å². The summed E-state index contributed by atoms with van der Waals surface area (Å²) in [5, 5.41) is 7.06. The standard InChI is InChI=1S/C16H26N4/c1-13(11-19-16(2,3)4)17-9-10-20-12-18-14-7-5-6-8-15(14)20/h5-8,12-13,17,19H,9-11H2,1-4H3. The lowest BCUT2D eigenvalue weighted by atomic mass is 10.1. The van der Waals surface area contributed by atoms with Crippen LogP contribution in [0, 0.1) is 0 Å². The molecule has 1 aromatic heterocycles. The molecular formula is C16H26N4. The number of benzene rings is 1. The van der Waals surface area contributed by atoms with E-state index in [1.165, 1.54) is 5.52 Å². The second-order valence-corrected chi connectivity index (χ2v) is 6.41. The van der Waals surface area contributed by atoms with Crippen molar-refractivity contribution in [1.29, 1.82) is 0 Å². The lowest BCUT2D eigenvalue weighted by Crippen LogP contribution is -2.45. The first-order valence-corrected chi connectivity index (χ1v) is 7.34. The van der Waals surface area contributed by atoms with Gasteiger partial charge in [0.25, 0.3) is 0 Å². The molecule has 0 radical (unpaired) electrons. The molecule has 2 rings (SSSR count). The zero-order chi connectivity index (χ0) is 14.6. The maximum atomic E-state index is 4.41. The van der Waals surface area contributed by atoms with Crippen molar-refractivity contribution in [1.82, 2.24) is 20.2 Å². The molecule has 20 heavy (non-hydrogen) atoms. The minimum absolute atomic E-state index is 0.177. The molecule has 0 amide bonds. The molecule has 1 aromatic carbocycles. The van der Waals surface area contributed by atoms with Gasteiger partial charge in [0.2, 0.25) is 0 Å². The molecule has 0 aliphatic carbocycles. The molecule has 0 aliphatic heterocycles. The molecule has 4 nitrogen and oxygen atoms in total. The molecule has 0 aliphatic rings. The number of hydrogen-bond donors (Lipinski definition) is 2. The second-order valence-electron chi connectivity index (χ2n) is 6.41. The SMILES string of the molecule is CC(CNC(C)(C)C)NCCn1cnc2ccccc21. The maximum Gasteiger partial charge on any atom is 0.0958 e. The fourth-order valence-corrected chi connectivity index (χ4v) is 2.15. The van der Waals surface area contributed by atoms with Crippen molar-refractivity contribution >= 4 is 11.0 Å². The summed E-state index contributed by atoms with van der Waals surface area (Å²) in [7, 11) is 0. The molecule has 2 N–H and O–H groups in total. The van der Waals surface area contributed by atoms with E-state index in [0.29, 0.717) is 6.04 Å². The highest BCUT2D eigenvalue weighted by atomic mass is 15.1. The highest BCUT2D eigenvalue weighted by Gasteiger charge is 2.10. The minimum atomic E-state index is 0.177. The topological polar surface area (TPSA) is 41.9 Å². The van der Waals surface area contributed by atoms with Crippen LogP contribution in [0.4, 0.5) is 0 Å². The molecule has 2 aromatic rings. The van der Waals surface area contributed by atoms with Crippen molar-refractivity contribution in [2.24, 2.45) is 0 Å². The third-order valence-electron chi connectivity index (χ3n) is 3.31. The number of nitrogens with one attached hydrogen (secondary N) is 2. The Morgan fingerprint density at radius 2 is 2.00 bits per heavy atom. The van der Waals surface area contributed by atoms with Crippen molar-refractivity contribution in [2.75, 3.05) is 13.1 Å². The highest BCUT2D eigenvalue weighted by Crippen LogP contribution is 2.11. The van der Waals surface area contributed by atoms with Crippen LogP contribution in [-0.2, 0) is 6.54 Å². The van der Waals surface area contributed by atoms with Gasteiger partial charge in [0.15, 0.2) is 0 Å². The summed E-state index contributed by atoms with van der Waals surface area (Å²) in [5.74, 6) is 0. The first-order chi connectivity index (χ1) is 9.46. The number of fused-ring (bicyclic) bond motifs is 1. The van der Waals surface area contributed by atoms with E-state index >= 15 is 0 Å². The van der Waals surface area contributed by atoms with E-state index < -0.39 is 0 Å². The molecule has 4 heteroatoms. The summed E-state index contributed by atoms with van der Waals surface area (Å²) >= 11 is 0. The average molecular weight is 274 g/mol. The predicted molar refractivity (Wildman–Crippen MR) is 85.0 cm³/mol. The Morgan fingerprint density at radius 3 is 2.75 bits per heavy atom. The zero-order valence-electron chi connectivity index (χ0n) is 13.0. The van der Waals surface area contributed by atoms with Crippen LogP contribution in [0.15, 0.2) is 30.6 Å². The normalized spacial score (nSPS) is 13.8. The zero-order valence-corrected chi connectivity index (χ0v) is 13.0. The Morgan fingerprint density at radius 1 is 1.25 bits per heavy atom. The van der Waals surface area contributed by atoms with Gasteiger partial charge in [-0.05, 0) is 39.8 Å². The number of para-hydroxylation sites is 2. The van der Waals surface area contributed by atoms with Gasteiger partial charge in [-0.15, -0.1) is 0 Å². The third-order valence-corrected chi connectivity index (χ3v) is 3.31. The van der Waals surface area contributed by atoms with E-state index in [9.17, 15) is 0 Å². The Bertz CT molecular complexity index is 539. The first kappa shape index (κ1) is 15.0. The molecule has 0 saturated heterocycles. The maximum absolute atomic E-state index is 4.41. The van der Waals surface area contributed by atoms with Gasteiger partial charge in [0.1, 0.15) is 0 Å². The van der Waals surface area contributed by atoms with Crippen LogP contribution >= 0.6 is 0 Å². The van der Waals surface area contributed by atoms with Gasteiger partial charge >= 0.3 is 0 Å². The fourth-order valence-electron chi connectivity index (χ4n) is 2.15. The fraction of sp³-hybridized carbons (Fsp3) is 0.562. The van der Waals surface area contributed by atoms with E-state index in [4.69, 9.17) is 0 Å². The summed E-state index contributed by atoms with van der Waals surface area (Å²) in [5.41, 5.74) is 2.45. The monoisotopic (exact) mass is 274 g/mol. The number of imidazole rings is 1. The van der Waals surface area contributed by atoms with Gasteiger partial charge in [-0.25, -0.2) is 4.98 Å². The number of nitrogens with zero attached hydrogens (tertiary/aromatic N) is 2. The van der Waals surface area contributed by atoms with Crippen molar-refractivity contribution in [2.45, 2.75) is 45.8 Å². The van der Waals surface area contributed by atoms with Crippen LogP contribution in [0.25, 0.3) is 11.0 Å². The summed E-state index contributed by atoms with van der Waals surface area (Å²) in [6.07, 6.45) is 1.92. The van der Waals surface area contributed by atoms with Crippen LogP contribution in [0.3, 0.4) is 0 Å². The van der Waals surface area contributed by atoms with Gasteiger partial charge in [-0.3, -0.25) is 0 Å². The summed E-state index contributed by atoms with van der Waals surface area (Å²) < 4.78 is 2.20. The molecule has 1 heterocycles. The van der Waals surface area contributed by atoms with Gasteiger partial charge in [-0.2, -0.15) is 0 Å². The Balaban J connectivity index is 1.78. The summed E-state index contributed by atoms with van der Waals surface area (Å²) in [6, 6.07) is 8.72. The van der Waals surface area contributed by atoms with Crippen molar-refractivity contribution in [3.63, 3.8) is 0 Å². The lowest BCUT2D eigenvalue weighted by Gasteiger charge is -2.24. The number of hydrogen-bond acceptors (Lipinski definition) is 3. The van der Waals surface area contributed by atoms with Crippen molar-refractivity contribution < 1.29 is 0 Å². The molecule has 0 bridgehead atoms. The van der Waals surface area contributed by atoms with E-state index in [-0.39, 0.29) is 5.54 Å². The summed E-state index contributed by atoms with van der Waals surface area (Å²) in [4.78, 5) is 4.41. The van der Waals surface area contributed by atoms with Crippen molar-refractivity contribution in [3.8, 4) is 0 Å². The Kier molecular flexibility index (Phi) is 4.78. The molecule has 0 fully saturated rings. The first-order valence-electron chi connectivity index (χ1n) is 7.34. The van der Waals surface area contributed by atoms with Crippen LogP contribution < -0.4 is 10.6 Å². The smallest absolute Gasteiger partial charge is 0.0958 e. The molecule has 1 atom stereocenters. The molecule has 0 spiro atoms. The number of aromatic nitrogens is 2. The minimum Gasteiger partial charge on any atom is -0.329 e. The van der Waals surface area contributed by atoms with Gasteiger partial charge < -0.3 is 15.2 Å². The highest BCUT2D eigenvalue weighted by molar-refractivity contribution is 5.74. The molecular weight excluding hydrogens is 248 g/mol. The quantitative estimate of drug-likeness (QED) is 0.850. The third kappa shape index (κ3) is 4.32. The molecule has 0 saturated carbocycles. The molecule has 1 unspecified atom stereocenters. The van der Waals surface area contributed by atoms with Gasteiger partial charge in [-0.1, -0.05) is 12.1 Å². The lowest BCUT2D eigenvalue weighted by molar-refractivity contribution is 0.385. The number of rotatable bonds is 6. The van der Waals surface area contributed by atoms with Gasteiger partial charge in [0, 0.05) is 31.2 Å². The van der Waals surface area contributed by atoms with Crippen LogP contribution in [0.5, 0.6) is 0 Å². The van der Waals surface area contributed by atoms with Crippen LogP contribution in [-0.4, -0.2) is 34.2 Å². The van der Waals surface area contributed by atoms with Crippen LogP contribution in [0.1, 0.15) is 27.7 Å². The molecule has 110 valence electrons. The van der Waals surface area contributed by atoms with E-state index in [1.807, 2.05) is 12.4 Å². The Labute approximate surface area is 121 Å². The second kappa shape index (κ2) is 6.37. The summed E-state index contributed by atoms with van der Waals surface area (Å²) in [6.45, 7) is 11.7.